The summed E-state index contributed by atoms with van der Waals surface area (Å²) in [6.45, 7) is -1.28. The molecule has 0 spiro atoms. The zero-order valence-electron chi connectivity index (χ0n) is 11.5. The highest BCUT2D eigenvalue weighted by atomic mass is 19.3. The third-order valence-corrected chi connectivity index (χ3v) is 3.77. The molecule has 1 saturated heterocycles. The molecule has 1 aliphatic rings. The molecule has 0 amide bonds. The van der Waals surface area contributed by atoms with Crippen molar-refractivity contribution in [3.05, 3.63) is 29.8 Å². The lowest BCUT2D eigenvalue weighted by Crippen LogP contribution is -2.37. The molecule has 1 aromatic rings. The Morgan fingerprint density at radius 1 is 1.25 bits per heavy atom. The number of aliphatic hydroxyl groups is 1. The summed E-state index contributed by atoms with van der Waals surface area (Å²) in [5, 5.41) is 9.49. The highest BCUT2D eigenvalue weighted by Crippen LogP contribution is 2.25. The van der Waals surface area contributed by atoms with Crippen LogP contribution >= 0.6 is 0 Å². The summed E-state index contributed by atoms with van der Waals surface area (Å²) >= 11 is 0. The smallest absolute Gasteiger partial charge is 0.387 e. The minimum atomic E-state index is -2.81. The maximum Gasteiger partial charge on any atom is 0.387 e. The van der Waals surface area contributed by atoms with Gasteiger partial charge in [-0.1, -0.05) is 31.0 Å². The Morgan fingerprint density at radius 3 is 2.80 bits per heavy atom. The van der Waals surface area contributed by atoms with Crippen LogP contribution in [-0.4, -0.2) is 35.8 Å². The van der Waals surface area contributed by atoms with Gasteiger partial charge in [-0.15, -0.1) is 0 Å². The molecule has 0 bridgehead atoms. The molecule has 1 atom stereocenters. The van der Waals surface area contributed by atoms with E-state index in [0.29, 0.717) is 6.54 Å². The first-order chi connectivity index (χ1) is 9.70. The van der Waals surface area contributed by atoms with E-state index in [1.54, 1.807) is 18.2 Å². The number of hydrogen-bond acceptors (Lipinski definition) is 3. The zero-order valence-corrected chi connectivity index (χ0v) is 11.5. The first-order valence-electron chi connectivity index (χ1n) is 7.08. The van der Waals surface area contributed by atoms with Crippen LogP contribution in [0.15, 0.2) is 24.3 Å². The molecule has 3 nitrogen and oxygen atoms in total. The molecule has 0 saturated carbocycles. The standard InChI is InChI=1S/C15H21F2NO2/c16-15(17)20-14-8-4-3-6-12(14)10-18-9-5-1-2-7-13(18)11-19/h3-4,6,8,13,15,19H,1-2,5,7,9-11H2. The first-order valence-corrected chi connectivity index (χ1v) is 7.08. The van der Waals surface area contributed by atoms with Crippen molar-refractivity contribution in [1.82, 2.24) is 4.90 Å². The van der Waals surface area contributed by atoms with E-state index in [0.717, 1.165) is 37.8 Å². The van der Waals surface area contributed by atoms with Crippen molar-refractivity contribution in [3.8, 4) is 5.75 Å². The zero-order chi connectivity index (χ0) is 14.4. The molecule has 0 aromatic heterocycles. The van der Waals surface area contributed by atoms with Gasteiger partial charge in [-0.2, -0.15) is 8.78 Å². The molecule has 0 radical (unpaired) electrons. The van der Waals surface area contributed by atoms with Crippen LogP contribution in [0, 0.1) is 0 Å². The third kappa shape index (κ3) is 4.15. The largest absolute Gasteiger partial charge is 0.434 e. The SMILES string of the molecule is OCC1CCCCCN1Cc1ccccc1OC(F)F. The monoisotopic (exact) mass is 285 g/mol. The van der Waals surface area contributed by atoms with E-state index in [1.807, 2.05) is 6.07 Å². The fourth-order valence-corrected chi connectivity index (χ4v) is 2.72. The fraction of sp³-hybridized carbons (Fsp3) is 0.600. The van der Waals surface area contributed by atoms with Crippen molar-refractivity contribution in [3.63, 3.8) is 0 Å². The lowest BCUT2D eigenvalue weighted by molar-refractivity contribution is -0.0509. The molecule has 1 unspecified atom stereocenters. The molecular formula is C15H21F2NO2. The van der Waals surface area contributed by atoms with Gasteiger partial charge in [-0.05, 0) is 25.5 Å². The van der Waals surface area contributed by atoms with Crippen molar-refractivity contribution >= 4 is 0 Å². The Kier molecular flexibility index (Phi) is 5.73. The van der Waals surface area contributed by atoms with Crippen molar-refractivity contribution in [2.75, 3.05) is 13.2 Å². The number of aliphatic hydroxyl groups excluding tert-OH is 1. The van der Waals surface area contributed by atoms with E-state index in [-0.39, 0.29) is 18.4 Å². The van der Waals surface area contributed by atoms with Gasteiger partial charge in [0, 0.05) is 18.2 Å². The maximum atomic E-state index is 12.4. The molecule has 1 N–H and O–H groups in total. The third-order valence-electron chi connectivity index (χ3n) is 3.77. The molecule has 1 aromatic carbocycles. The molecule has 2 rings (SSSR count). The molecule has 1 heterocycles. The van der Waals surface area contributed by atoms with Gasteiger partial charge in [-0.25, -0.2) is 0 Å². The predicted molar refractivity (Wildman–Crippen MR) is 72.8 cm³/mol. The van der Waals surface area contributed by atoms with Crippen LogP contribution in [0.25, 0.3) is 0 Å². The average molecular weight is 285 g/mol. The van der Waals surface area contributed by atoms with Gasteiger partial charge >= 0.3 is 6.61 Å². The number of para-hydroxylation sites is 1. The highest BCUT2D eigenvalue weighted by Gasteiger charge is 2.21. The highest BCUT2D eigenvalue weighted by molar-refractivity contribution is 5.33. The lowest BCUT2D eigenvalue weighted by atomic mass is 10.1. The van der Waals surface area contributed by atoms with Crippen LogP contribution in [-0.2, 0) is 6.54 Å². The van der Waals surface area contributed by atoms with Crippen LogP contribution in [0.3, 0.4) is 0 Å². The minimum Gasteiger partial charge on any atom is -0.434 e. The molecule has 20 heavy (non-hydrogen) atoms. The fourth-order valence-electron chi connectivity index (χ4n) is 2.72. The van der Waals surface area contributed by atoms with E-state index in [1.165, 1.54) is 0 Å². The van der Waals surface area contributed by atoms with Crippen LogP contribution < -0.4 is 4.74 Å². The molecule has 112 valence electrons. The summed E-state index contributed by atoms with van der Waals surface area (Å²) in [6, 6.07) is 6.98. The second-order valence-electron chi connectivity index (χ2n) is 5.14. The Balaban J connectivity index is 2.10. The van der Waals surface area contributed by atoms with Gasteiger partial charge in [0.05, 0.1) is 6.61 Å². The Labute approximate surface area is 118 Å². The van der Waals surface area contributed by atoms with E-state index in [2.05, 4.69) is 9.64 Å². The summed E-state index contributed by atoms with van der Waals surface area (Å²) < 4.78 is 29.4. The van der Waals surface area contributed by atoms with Gasteiger partial charge in [-0.3, -0.25) is 4.90 Å². The van der Waals surface area contributed by atoms with E-state index < -0.39 is 6.61 Å². The number of ether oxygens (including phenoxy) is 1. The topological polar surface area (TPSA) is 32.7 Å². The normalized spacial score (nSPS) is 20.9. The number of alkyl halides is 2. The Bertz CT molecular complexity index is 415. The summed E-state index contributed by atoms with van der Waals surface area (Å²) in [7, 11) is 0. The van der Waals surface area contributed by atoms with Gasteiger partial charge in [0.25, 0.3) is 0 Å². The molecular weight excluding hydrogens is 264 g/mol. The lowest BCUT2D eigenvalue weighted by Gasteiger charge is -2.29. The molecule has 5 heteroatoms. The first kappa shape index (κ1) is 15.2. The molecule has 0 aliphatic carbocycles. The Morgan fingerprint density at radius 2 is 2.05 bits per heavy atom. The summed E-state index contributed by atoms with van der Waals surface area (Å²) in [5.41, 5.74) is 0.744. The van der Waals surface area contributed by atoms with E-state index in [4.69, 9.17) is 0 Å². The van der Waals surface area contributed by atoms with Crippen molar-refractivity contribution in [2.45, 2.75) is 44.9 Å². The average Bonchev–Trinajstić information content (AvgIpc) is 2.65. The summed E-state index contributed by atoms with van der Waals surface area (Å²) in [6.07, 6.45) is 4.29. The number of likely N-dealkylation sites (tertiary alicyclic amines) is 1. The quantitative estimate of drug-likeness (QED) is 0.902. The van der Waals surface area contributed by atoms with Crippen LogP contribution in [0.2, 0.25) is 0 Å². The molecule has 1 fully saturated rings. The van der Waals surface area contributed by atoms with Gasteiger partial charge in [0.15, 0.2) is 0 Å². The van der Waals surface area contributed by atoms with E-state index in [9.17, 15) is 13.9 Å². The van der Waals surface area contributed by atoms with Crippen molar-refractivity contribution in [2.24, 2.45) is 0 Å². The van der Waals surface area contributed by atoms with Crippen LogP contribution in [0.1, 0.15) is 31.2 Å². The van der Waals surface area contributed by atoms with Crippen LogP contribution in [0.5, 0.6) is 5.75 Å². The maximum absolute atomic E-state index is 12.4. The molecule has 1 aliphatic heterocycles. The number of nitrogens with zero attached hydrogens (tertiary/aromatic N) is 1. The number of benzene rings is 1. The van der Waals surface area contributed by atoms with Gasteiger partial charge < -0.3 is 9.84 Å². The predicted octanol–water partition coefficient (Wildman–Crippen LogP) is 3.02. The van der Waals surface area contributed by atoms with Gasteiger partial charge in [0.1, 0.15) is 5.75 Å². The summed E-state index contributed by atoms with van der Waals surface area (Å²) in [4.78, 5) is 2.17. The second kappa shape index (κ2) is 7.55. The number of halogens is 2. The summed E-state index contributed by atoms with van der Waals surface area (Å²) in [5.74, 6) is 0.225. The Hall–Kier alpha value is -1.20. The minimum absolute atomic E-state index is 0.108. The van der Waals surface area contributed by atoms with E-state index >= 15 is 0 Å². The number of rotatable bonds is 5. The van der Waals surface area contributed by atoms with Gasteiger partial charge in [0.2, 0.25) is 0 Å². The number of hydrogen-bond donors (Lipinski definition) is 1. The second-order valence-corrected chi connectivity index (χ2v) is 5.14. The van der Waals surface area contributed by atoms with Crippen LogP contribution in [0.4, 0.5) is 8.78 Å². The van der Waals surface area contributed by atoms with Crippen molar-refractivity contribution in [1.29, 1.82) is 0 Å². The van der Waals surface area contributed by atoms with Crippen molar-refractivity contribution < 1.29 is 18.6 Å².